The largest absolute Gasteiger partial charge is 0.394 e. The number of hydrogen-bond acceptors (Lipinski definition) is 20. The highest BCUT2D eigenvalue weighted by Crippen LogP contribution is 2.71. The molecule has 0 aromatic heterocycles. The second kappa shape index (κ2) is 20.1. The molecule has 10 rings (SSSR count). The van der Waals surface area contributed by atoms with Gasteiger partial charge in [0.25, 0.3) is 0 Å². The molecule has 6 saturated heterocycles. The Morgan fingerprint density at radius 3 is 1.82 bits per heavy atom. The van der Waals surface area contributed by atoms with Crippen LogP contribution in [-0.4, -0.2) is 205 Å². The van der Waals surface area contributed by atoms with Gasteiger partial charge in [0.05, 0.1) is 43.7 Å². The maximum Gasteiger partial charge on any atom is 0.187 e. The van der Waals surface area contributed by atoms with Gasteiger partial charge in [-0.3, -0.25) is 0 Å². The summed E-state index contributed by atoms with van der Waals surface area (Å²) in [6.45, 7) is 14.1. The molecule has 0 aromatic rings. The van der Waals surface area contributed by atoms with Crippen LogP contribution in [0.25, 0.3) is 0 Å². The zero-order valence-corrected chi connectivity index (χ0v) is 42.1. The molecule has 10 N–H and O–H groups in total. The molecule has 0 aromatic carbocycles. The van der Waals surface area contributed by atoms with Crippen molar-refractivity contribution in [3.63, 3.8) is 0 Å². The standard InChI is InChI=1S/C51H82O20/c1-20-10-15-51(62-19-20)21(2)32-30(71-51)17-29-27-9-8-25-16-26(11-13-49(25,6)28(27)12-14-50(29,32)7)66-48-44(41(61)43(31(18-52)67-48)69-46-39(59)36(56)34(54)23(4)64-46)70-47-40(60)37(57)42(24(5)65-47)68-45-38(58)35(55)33(53)22(3)63-45/h8,20-24,26-48,52-61H,9-19H2,1-7H3. The third-order valence-electron chi connectivity index (χ3n) is 19.7. The maximum atomic E-state index is 12.2. The van der Waals surface area contributed by atoms with Crippen LogP contribution < -0.4 is 0 Å². The fourth-order valence-corrected chi connectivity index (χ4v) is 15.4. The van der Waals surface area contributed by atoms with Gasteiger partial charge in [0.15, 0.2) is 30.9 Å². The van der Waals surface area contributed by atoms with E-state index in [-0.39, 0.29) is 16.9 Å². The van der Waals surface area contributed by atoms with E-state index < -0.39 is 141 Å². The molecule has 6 heterocycles. The zero-order chi connectivity index (χ0) is 50.8. The lowest BCUT2D eigenvalue weighted by Gasteiger charge is -2.59. The van der Waals surface area contributed by atoms with Crippen LogP contribution in [0.1, 0.15) is 106 Å². The number of allylic oxidation sites excluding steroid dienone is 1. The number of ether oxygens (including phenoxy) is 10. The van der Waals surface area contributed by atoms with Crippen LogP contribution in [0.15, 0.2) is 11.6 Å². The average Bonchev–Trinajstić information content (AvgIpc) is 3.79. The Labute approximate surface area is 415 Å². The predicted molar refractivity (Wildman–Crippen MR) is 244 cm³/mol. The Balaban J connectivity index is 0.855. The van der Waals surface area contributed by atoms with E-state index in [1.54, 1.807) is 0 Å². The third kappa shape index (κ3) is 9.03. The summed E-state index contributed by atoms with van der Waals surface area (Å²) in [6, 6.07) is 0. The quantitative estimate of drug-likeness (QED) is 0.137. The SMILES string of the molecule is CC1CCC2(OC1)OC1CC3C4CC=C5CC(OC6OC(CO)C(OC7OC(C)C(O)C(O)C7O)C(O)C6OC6OC(C)C(OC7OC(C)C(O)C(O)C7O)C(O)C6O)CCC5(C)C4CCC3(C)C1C2C. The molecule has 1 spiro atoms. The second-order valence-electron chi connectivity index (χ2n) is 23.8. The van der Waals surface area contributed by atoms with Crippen molar-refractivity contribution < 1.29 is 98.4 Å². The summed E-state index contributed by atoms with van der Waals surface area (Å²) < 4.78 is 62.4. The molecule has 4 aliphatic carbocycles. The summed E-state index contributed by atoms with van der Waals surface area (Å²) in [4.78, 5) is 0. The van der Waals surface area contributed by atoms with Crippen molar-refractivity contribution in [2.45, 2.75) is 247 Å². The van der Waals surface area contributed by atoms with Crippen LogP contribution in [0, 0.1) is 46.3 Å². The van der Waals surface area contributed by atoms with Crippen molar-refractivity contribution in [1.29, 1.82) is 0 Å². The highest BCUT2D eigenvalue weighted by atomic mass is 16.8. The van der Waals surface area contributed by atoms with Crippen molar-refractivity contribution in [3.05, 3.63) is 11.6 Å². The molecular weight excluding hydrogens is 933 g/mol. The molecule has 20 nitrogen and oxygen atoms in total. The summed E-state index contributed by atoms with van der Waals surface area (Å²) in [5.41, 5.74) is 1.41. The third-order valence-corrected chi connectivity index (χ3v) is 19.7. The lowest BCUT2D eigenvalue weighted by atomic mass is 9.47. The molecule has 0 amide bonds. The van der Waals surface area contributed by atoms with Crippen molar-refractivity contribution >= 4 is 0 Å². The molecule has 31 atom stereocenters. The van der Waals surface area contributed by atoms with Crippen LogP contribution >= 0.6 is 0 Å². The van der Waals surface area contributed by atoms with E-state index in [1.807, 2.05) is 0 Å². The monoisotopic (exact) mass is 1010 g/mol. The van der Waals surface area contributed by atoms with Crippen molar-refractivity contribution in [3.8, 4) is 0 Å². The summed E-state index contributed by atoms with van der Waals surface area (Å²) in [5.74, 6) is 2.43. The van der Waals surface area contributed by atoms with E-state index in [9.17, 15) is 51.1 Å². The van der Waals surface area contributed by atoms with Crippen LogP contribution in [0.3, 0.4) is 0 Å². The first-order valence-corrected chi connectivity index (χ1v) is 26.6. The first-order valence-electron chi connectivity index (χ1n) is 26.6. The molecule has 9 fully saturated rings. The Morgan fingerprint density at radius 1 is 0.592 bits per heavy atom. The van der Waals surface area contributed by atoms with Crippen molar-refractivity contribution in [2.24, 2.45) is 46.3 Å². The zero-order valence-electron chi connectivity index (χ0n) is 42.1. The molecule has 71 heavy (non-hydrogen) atoms. The Bertz CT molecular complexity index is 1890. The Hall–Kier alpha value is -1.06. The first kappa shape index (κ1) is 53.3. The summed E-state index contributed by atoms with van der Waals surface area (Å²) in [7, 11) is 0. The Morgan fingerprint density at radius 2 is 1.20 bits per heavy atom. The predicted octanol–water partition coefficient (Wildman–Crippen LogP) is 0.0935. The van der Waals surface area contributed by atoms with E-state index in [4.69, 9.17) is 47.4 Å². The fraction of sp³-hybridized carbons (Fsp3) is 0.961. The fourth-order valence-electron chi connectivity index (χ4n) is 15.4. The topological polar surface area (TPSA) is 295 Å². The first-order chi connectivity index (χ1) is 33.6. The molecule has 6 aliphatic heterocycles. The van der Waals surface area contributed by atoms with Crippen molar-refractivity contribution in [2.75, 3.05) is 13.2 Å². The number of fused-ring (bicyclic) bond motifs is 7. The van der Waals surface area contributed by atoms with Gasteiger partial charge in [-0.2, -0.15) is 0 Å². The summed E-state index contributed by atoms with van der Waals surface area (Å²) in [6.07, 6.45) is -19.0. The van der Waals surface area contributed by atoms with Crippen LogP contribution in [0.5, 0.6) is 0 Å². The van der Waals surface area contributed by atoms with Gasteiger partial charge in [0, 0.05) is 12.3 Å². The van der Waals surface area contributed by atoms with Gasteiger partial charge >= 0.3 is 0 Å². The smallest absolute Gasteiger partial charge is 0.187 e. The molecule has 10 aliphatic rings. The highest BCUT2D eigenvalue weighted by molar-refractivity contribution is 5.26. The highest BCUT2D eigenvalue weighted by Gasteiger charge is 2.69. The molecular formula is C51H82O20. The van der Waals surface area contributed by atoms with Gasteiger partial charge in [-0.1, -0.05) is 39.3 Å². The lowest BCUT2D eigenvalue weighted by molar-refractivity contribution is -0.395. The molecule has 0 bridgehead atoms. The molecule has 406 valence electrons. The minimum Gasteiger partial charge on any atom is -0.394 e. The van der Waals surface area contributed by atoms with Crippen molar-refractivity contribution in [1.82, 2.24) is 0 Å². The van der Waals surface area contributed by atoms with Crippen LogP contribution in [0.2, 0.25) is 0 Å². The summed E-state index contributed by atoms with van der Waals surface area (Å²) in [5, 5.41) is 109. The number of aliphatic hydroxyl groups excluding tert-OH is 10. The van der Waals surface area contributed by atoms with E-state index in [0.717, 1.165) is 51.6 Å². The van der Waals surface area contributed by atoms with E-state index in [0.29, 0.717) is 48.3 Å². The van der Waals surface area contributed by atoms with Gasteiger partial charge in [-0.15, -0.1) is 0 Å². The van der Waals surface area contributed by atoms with Gasteiger partial charge in [0.1, 0.15) is 79.4 Å². The van der Waals surface area contributed by atoms with Gasteiger partial charge in [0.2, 0.25) is 0 Å². The molecule has 0 radical (unpaired) electrons. The van der Waals surface area contributed by atoms with E-state index in [2.05, 4.69) is 33.8 Å². The Kier molecular flexibility index (Phi) is 15.1. The minimum atomic E-state index is -1.85. The van der Waals surface area contributed by atoms with Gasteiger partial charge in [-0.05, 0) is 113 Å². The minimum absolute atomic E-state index is 0.0663. The van der Waals surface area contributed by atoms with E-state index in [1.165, 1.54) is 26.3 Å². The van der Waals surface area contributed by atoms with Gasteiger partial charge < -0.3 is 98.4 Å². The summed E-state index contributed by atoms with van der Waals surface area (Å²) >= 11 is 0. The van der Waals surface area contributed by atoms with E-state index >= 15 is 0 Å². The number of hydrogen-bond donors (Lipinski definition) is 10. The average molecular weight is 1020 g/mol. The molecule has 3 saturated carbocycles. The number of aliphatic hydroxyl groups is 10. The normalized spacial score (nSPS) is 58.4. The molecule has 20 heteroatoms. The second-order valence-corrected chi connectivity index (χ2v) is 23.8. The maximum absolute atomic E-state index is 12.2. The lowest BCUT2D eigenvalue weighted by Crippen LogP contribution is -2.67. The van der Waals surface area contributed by atoms with Gasteiger partial charge in [-0.25, -0.2) is 0 Å². The van der Waals surface area contributed by atoms with Crippen LogP contribution in [0.4, 0.5) is 0 Å². The van der Waals surface area contributed by atoms with Crippen LogP contribution in [-0.2, 0) is 47.4 Å². The number of rotatable bonds is 9. The molecule has 31 unspecified atom stereocenters.